The van der Waals surface area contributed by atoms with E-state index >= 15 is 0 Å². The maximum Gasteiger partial charge on any atom is 0.255 e. The summed E-state index contributed by atoms with van der Waals surface area (Å²) in [6.07, 6.45) is 1.72. The zero-order chi connectivity index (χ0) is 19.4. The molecule has 1 heterocycles. The van der Waals surface area contributed by atoms with Gasteiger partial charge in [-0.2, -0.15) is 0 Å². The molecule has 0 fully saturated rings. The third kappa shape index (κ3) is 4.44. The number of hydrogen-bond acceptors (Lipinski definition) is 3. The van der Waals surface area contributed by atoms with Crippen LogP contribution >= 0.6 is 0 Å². The van der Waals surface area contributed by atoms with Gasteiger partial charge in [-0.25, -0.2) is 0 Å². The van der Waals surface area contributed by atoms with Crippen LogP contribution in [-0.4, -0.2) is 26.1 Å². The number of pyridine rings is 1. The average molecular weight is 377 g/mol. The summed E-state index contributed by atoms with van der Waals surface area (Å²) in [5.41, 5.74) is 5.15. The molecule has 138 valence electrons. The SMILES string of the molecule is COc1ccc(NC(=O)/C(=C/[Si](C)(C)C)c2ccccc2)c2ncccc12. The smallest absolute Gasteiger partial charge is 0.255 e. The van der Waals surface area contributed by atoms with Crippen molar-refractivity contribution < 1.29 is 9.53 Å². The van der Waals surface area contributed by atoms with Gasteiger partial charge in [-0.05, 0) is 29.8 Å². The van der Waals surface area contributed by atoms with Crippen LogP contribution in [0, 0.1) is 0 Å². The number of ether oxygens (including phenoxy) is 1. The van der Waals surface area contributed by atoms with Crippen molar-refractivity contribution in [2.75, 3.05) is 12.4 Å². The highest BCUT2D eigenvalue weighted by Crippen LogP contribution is 2.30. The molecule has 3 aromatic rings. The number of amides is 1. The fourth-order valence-electron chi connectivity index (χ4n) is 2.95. The highest BCUT2D eigenvalue weighted by atomic mass is 28.3. The van der Waals surface area contributed by atoms with E-state index in [-0.39, 0.29) is 5.91 Å². The summed E-state index contributed by atoms with van der Waals surface area (Å²) in [6, 6.07) is 17.3. The lowest BCUT2D eigenvalue weighted by Crippen LogP contribution is -2.21. The Morgan fingerprint density at radius 2 is 1.78 bits per heavy atom. The van der Waals surface area contributed by atoms with Gasteiger partial charge in [-0.1, -0.05) is 55.7 Å². The number of anilines is 1. The Morgan fingerprint density at radius 1 is 1.04 bits per heavy atom. The summed E-state index contributed by atoms with van der Waals surface area (Å²) in [7, 11) is 0.0192. The van der Waals surface area contributed by atoms with Crippen LogP contribution in [0.15, 0.2) is 66.5 Å². The van der Waals surface area contributed by atoms with Crippen molar-refractivity contribution in [2.45, 2.75) is 19.6 Å². The van der Waals surface area contributed by atoms with Crippen LogP contribution in [0.1, 0.15) is 5.56 Å². The molecular weight excluding hydrogens is 352 g/mol. The van der Waals surface area contributed by atoms with Crippen molar-refractivity contribution in [1.82, 2.24) is 4.98 Å². The molecule has 0 saturated heterocycles. The van der Waals surface area contributed by atoms with Gasteiger partial charge in [0.05, 0.1) is 26.4 Å². The largest absolute Gasteiger partial charge is 0.496 e. The first kappa shape index (κ1) is 18.9. The summed E-state index contributed by atoms with van der Waals surface area (Å²) < 4.78 is 5.41. The second-order valence-corrected chi connectivity index (χ2v) is 12.5. The van der Waals surface area contributed by atoms with Gasteiger partial charge in [0.2, 0.25) is 0 Å². The molecule has 1 N–H and O–H groups in total. The zero-order valence-corrected chi connectivity index (χ0v) is 17.1. The highest BCUT2D eigenvalue weighted by molar-refractivity contribution is 6.82. The van der Waals surface area contributed by atoms with E-state index in [0.717, 1.165) is 16.7 Å². The summed E-state index contributed by atoms with van der Waals surface area (Å²) in [4.78, 5) is 17.6. The van der Waals surface area contributed by atoms with Crippen molar-refractivity contribution in [2.24, 2.45) is 0 Å². The van der Waals surface area contributed by atoms with Crippen LogP contribution in [0.5, 0.6) is 5.75 Å². The van der Waals surface area contributed by atoms with Gasteiger partial charge in [0.1, 0.15) is 5.75 Å². The molecule has 4 nitrogen and oxygen atoms in total. The van der Waals surface area contributed by atoms with Crippen molar-refractivity contribution in [3.63, 3.8) is 0 Å². The molecule has 1 amide bonds. The minimum absolute atomic E-state index is 0.124. The number of nitrogens with one attached hydrogen (secondary N) is 1. The van der Waals surface area contributed by atoms with Gasteiger partial charge in [0, 0.05) is 17.2 Å². The predicted octanol–water partition coefficient (Wildman–Crippen LogP) is 5.14. The summed E-state index contributed by atoms with van der Waals surface area (Å²) >= 11 is 0. The summed E-state index contributed by atoms with van der Waals surface area (Å²) in [5.74, 6) is 0.609. The molecule has 27 heavy (non-hydrogen) atoms. The Hall–Kier alpha value is -2.92. The molecule has 1 aromatic heterocycles. The fourth-order valence-corrected chi connectivity index (χ4v) is 4.11. The molecule has 0 radical (unpaired) electrons. The lowest BCUT2D eigenvalue weighted by atomic mass is 10.1. The Bertz CT molecular complexity index is 992. The number of rotatable bonds is 5. The number of hydrogen-bond donors (Lipinski definition) is 1. The standard InChI is InChI=1S/C22H24N2O2Si/c1-26-20-13-12-19(21-17(20)11-8-14-23-21)24-22(25)18(15-27(2,3)4)16-9-6-5-7-10-16/h5-15H,1-4H3,(H,24,25)/b18-15+. The van der Waals surface area contributed by atoms with Crippen LogP contribution in [0.3, 0.4) is 0 Å². The zero-order valence-electron chi connectivity index (χ0n) is 16.1. The summed E-state index contributed by atoms with van der Waals surface area (Å²) in [5, 5.41) is 3.92. The fraction of sp³-hybridized carbons (Fsp3) is 0.182. The van der Waals surface area contributed by atoms with Crippen LogP contribution in [-0.2, 0) is 4.79 Å². The molecule has 0 bridgehead atoms. The molecule has 0 atom stereocenters. The van der Waals surface area contributed by atoms with Crippen molar-refractivity contribution in [1.29, 1.82) is 0 Å². The third-order valence-corrected chi connectivity index (χ3v) is 5.26. The number of fused-ring (bicyclic) bond motifs is 1. The lowest BCUT2D eigenvalue weighted by molar-refractivity contribution is -0.111. The number of methoxy groups -OCH3 is 1. The molecule has 0 unspecified atom stereocenters. The normalized spacial score (nSPS) is 12.1. The van der Waals surface area contributed by atoms with Gasteiger partial charge < -0.3 is 10.1 Å². The van der Waals surface area contributed by atoms with Gasteiger partial charge >= 0.3 is 0 Å². The molecule has 5 heteroatoms. The minimum Gasteiger partial charge on any atom is -0.496 e. The number of nitrogens with zero attached hydrogens (tertiary/aromatic N) is 1. The van der Waals surface area contributed by atoms with E-state index in [4.69, 9.17) is 4.74 Å². The van der Waals surface area contributed by atoms with Crippen molar-refractivity contribution in [3.05, 3.63) is 72.1 Å². The first-order chi connectivity index (χ1) is 12.9. The van der Waals surface area contributed by atoms with E-state index < -0.39 is 8.07 Å². The Morgan fingerprint density at radius 3 is 2.44 bits per heavy atom. The second kappa shape index (κ2) is 7.76. The van der Waals surface area contributed by atoms with Crippen molar-refractivity contribution >= 4 is 36.1 Å². The van der Waals surface area contributed by atoms with Gasteiger partial charge in [-0.15, -0.1) is 0 Å². The Labute approximate surface area is 160 Å². The van der Waals surface area contributed by atoms with Crippen molar-refractivity contribution in [3.8, 4) is 5.75 Å². The Balaban J connectivity index is 2.02. The van der Waals surface area contributed by atoms with E-state index in [1.807, 2.05) is 54.6 Å². The maximum absolute atomic E-state index is 13.2. The first-order valence-corrected chi connectivity index (χ1v) is 12.5. The quantitative estimate of drug-likeness (QED) is 0.495. The van der Waals surface area contributed by atoms with E-state index in [2.05, 4.69) is 35.6 Å². The highest BCUT2D eigenvalue weighted by Gasteiger charge is 2.19. The molecule has 0 aliphatic heterocycles. The Kier molecular flexibility index (Phi) is 5.42. The van der Waals surface area contributed by atoms with Crippen LogP contribution in [0.4, 0.5) is 5.69 Å². The average Bonchev–Trinajstić information content (AvgIpc) is 2.66. The van der Waals surface area contributed by atoms with Gasteiger partial charge in [-0.3, -0.25) is 9.78 Å². The molecular formula is C22H24N2O2Si. The van der Waals surface area contributed by atoms with Crippen LogP contribution in [0.25, 0.3) is 16.5 Å². The monoisotopic (exact) mass is 376 g/mol. The molecule has 0 spiro atoms. The van der Waals surface area contributed by atoms with E-state index in [1.165, 1.54) is 0 Å². The van der Waals surface area contributed by atoms with E-state index in [1.54, 1.807) is 13.3 Å². The first-order valence-electron chi connectivity index (χ1n) is 8.90. The third-order valence-electron chi connectivity index (χ3n) is 4.10. The second-order valence-electron chi connectivity index (χ2n) is 7.46. The van der Waals surface area contributed by atoms with Crippen LogP contribution < -0.4 is 10.1 Å². The number of benzene rings is 2. The predicted molar refractivity (Wildman–Crippen MR) is 115 cm³/mol. The number of aromatic nitrogens is 1. The van der Waals surface area contributed by atoms with E-state index in [9.17, 15) is 4.79 Å². The maximum atomic E-state index is 13.2. The van der Waals surface area contributed by atoms with Gasteiger partial charge in [0.25, 0.3) is 5.91 Å². The lowest BCUT2D eigenvalue weighted by Gasteiger charge is -2.16. The minimum atomic E-state index is -1.61. The summed E-state index contributed by atoms with van der Waals surface area (Å²) in [6.45, 7) is 6.65. The molecule has 3 rings (SSSR count). The van der Waals surface area contributed by atoms with Crippen LogP contribution in [0.2, 0.25) is 19.6 Å². The topological polar surface area (TPSA) is 51.2 Å². The molecule has 2 aromatic carbocycles. The molecule has 0 saturated carbocycles. The molecule has 0 aliphatic rings. The van der Waals surface area contributed by atoms with E-state index in [0.29, 0.717) is 16.8 Å². The molecule has 0 aliphatic carbocycles. The number of carbonyl (C=O) groups is 1. The number of carbonyl (C=O) groups excluding carboxylic acids is 1. The van der Waals surface area contributed by atoms with Gasteiger partial charge in [0.15, 0.2) is 0 Å².